The maximum Gasteiger partial charge on any atom is 0.175 e. The first-order chi connectivity index (χ1) is 4.01. The zero-order valence-electron chi connectivity index (χ0n) is 5.16. The Bertz CT molecular complexity index is 238. The molecule has 0 unspecified atom stereocenters. The molecule has 1 aliphatic heterocycles. The van der Waals surface area contributed by atoms with Crippen LogP contribution in [-0.2, 0) is 9.84 Å². The fraction of sp³-hybridized carbons (Fsp3) is 0.600. The molecule has 0 aromatic carbocycles. The molecule has 0 amide bonds. The second kappa shape index (κ2) is 1.82. The summed E-state index contributed by atoms with van der Waals surface area (Å²) in [6.07, 6.45) is 0. The highest BCUT2D eigenvalue weighted by Gasteiger charge is 2.24. The average molecular weight is 147 g/mol. The number of nitrogens with two attached hydrogens (primary N) is 1. The van der Waals surface area contributed by atoms with Crippen LogP contribution in [0.3, 0.4) is 0 Å². The van der Waals surface area contributed by atoms with Crippen molar-refractivity contribution in [3.8, 4) is 0 Å². The van der Waals surface area contributed by atoms with Gasteiger partial charge in [0.15, 0.2) is 9.84 Å². The van der Waals surface area contributed by atoms with Gasteiger partial charge in [-0.05, 0) is 12.5 Å². The molecule has 2 N–H and O–H groups in total. The van der Waals surface area contributed by atoms with Gasteiger partial charge in [0, 0.05) is 11.4 Å². The first kappa shape index (κ1) is 6.77. The molecular formula is C5H9NO2S. The van der Waals surface area contributed by atoms with Crippen LogP contribution in [0.1, 0.15) is 6.92 Å². The minimum absolute atomic E-state index is 0.103. The van der Waals surface area contributed by atoms with E-state index in [2.05, 4.69) is 0 Å². The third-order valence-electron chi connectivity index (χ3n) is 1.28. The van der Waals surface area contributed by atoms with Crippen LogP contribution in [-0.4, -0.2) is 20.2 Å². The predicted octanol–water partition coefficient (Wildman–Crippen LogP) is -0.354. The van der Waals surface area contributed by atoms with Crippen LogP contribution in [0.2, 0.25) is 0 Å². The lowest BCUT2D eigenvalue weighted by Crippen LogP contribution is -2.29. The summed E-state index contributed by atoms with van der Waals surface area (Å²) in [5.74, 6) is 0.157. The van der Waals surface area contributed by atoms with Gasteiger partial charge in [-0.3, -0.25) is 0 Å². The second-order valence-corrected chi connectivity index (χ2v) is 4.14. The van der Waals surface area contributed by atoms with E-state index in [1.165, 1.54) is 5.41 Å². The van der Waals surface area contributed by atoms with E-state index in [9.17, 15) is 8.42 Å². The molecule has 0 spiro atoms. The molecule has 0 saturated carbocycles. The summed E-state index contributed by atoms with van der Waals surface area (Å²) < 4.78 is 20.9. The standard InChI is InChI=1S/C5H9NO2S/c1-4(6)5-2-9(7,8)3-5/h2,4H,3,6H2,1H3/t4-/m1/s1. The van der Waals surface area contributed by atoms with Crippen LogP contribution in [0, 0.1) is 0 Å². The van der Waals surface area contributed by atoms with E-state index in [0.29, 0.717) is 0 Å². The zero-order chi connectivity index (χ0) is 7.07. The lowest BCUT2D eigenvalue weighted by atomic mass is 10.2. The molecule has 1 heterocycles. The summed E-state index contributed by atoms with van der Waals surface area (Å²) in [4.78, 5) is 0. The van der Waals surface area contributed by atoms with E-state index in [0.717, 1.165) is 5.57 Å². The van der Waals surface area contributed by atoms with Crippen molar-refractivity contribution in [3.63, 3.8) is 0 Å². The summed E-state index contributed by atoms with van der Waals surface area (Å²) in [5.41, 5.74) is 6.21. The Morgan fingerprint density at radius 2 is 2.22 bits per heavy atom. The molecule has 52 valence electrons. The Kier molecular flexibility index (Phi) is 1.36. The van der Waals surface area contributed by atoms with Gasteiger partial charge in [-0.1, -0.05) is 0 Å². The molecule has 0 aromatic rings. The summed E-state index contributed by atoms with van der Waals surface area (Å²) in [5, 5.41) is 1.25. The Labute approximate surface area is 54.5 Å². The van der Waals surface area contributed by atoms with Crippen molar-refractivity contribution in [1.29, 1.82) is 0 Å². The summed E-state index contributed by atoms with van der Waals surface area (Å²) in [6.45, 7) is 1.78. The first-order valence-corrected chi connectivity index (χ1v) is 4.41. The number of hydrogen-bond acceptors (Lipinski definition) is 3. The Hall–Kier alpha value is -0.350. The number of hydrogen-bond donors (Lipinski definition) is 1. The van der Waals surface area contributed by atoms with Gasteiger partial charge in [0.25, 0.3) is 0 Å². The van der Waals surface area contributed by atoms with E-state index in [4.69, 9.17) is 5.73 Å². The minimum Gasteiger partial charge on any atom is -0.324 e. The summed E-state index contributed by atoms with van der Waals surface area (Å²) in [6, 6.07) is -0.103. The molecule has 0 aliphatic carbocycles. The van der Waals surface area contributed by atoms with Crippen LogP contribution in [0.15, 0.2) is 11.0 Å². The van der Waals surface area contributed by atoms with Gasteiger partial charge < -0.3 is 5.73 Å². The number of sulfone groups is 1. The average Bonchev–Trinajstić information content (AvgIpc) is 1.59. The quantitative estimate of drug-likeness (QED) is 0.551. The molecular weight excluding hydrogens is 138 g/mol. The molecule has 3 nitrogen and oxygen atoms in total. The van der Waals surface area contributed by atoms with Crippen molar-refractivity contribution in [3.05, 3.63) is 11.0 Å². The van der Waals surface area contributed by atoms with Gasteiger partial charge in [-0.25, -0.2) is 8.42 Å². The highest BCUT2D eigenvalue weighted by molar-refractivity contribution is 7.95. The van der Waals surface area contributed by atoms with Crippen molar-refractivity contribution in [1.82, 2.24) is 0 Å². The van der Waals surface area contributed by atoms with Crippen molar-refractivity contribution in [2.24, 2.45) is 5.73 Å². The lowest BCUT2D eigenvalue weighted by Gasteiger charge is -2.17. The van der Waals surface area contributed by atoms with E-state index < -0.39 is 9.84 Å². The Morgan fingerprint density at radius 3 is 2.33 bits per heavy atom. The van der Waals surface area contributed by atoms with Gasteiger partial charge in [-0.15, -0.1) is 0 Å². The van der Waals surface area contributed by atoms with Gasteiger partial charge in [0.05, 0.1) is 5.75 Å². The maximum absolute atomic E-state index is 10.5. The zero-order valence-corrected chi connectivity index (χ0v) is 5.98. The van der Waals surface area contributed by atoms with Crippen LogP contribution < -0.4 is 5.73 Å². The topological polar surface area (TPSA) is 60.2 Å². The minimum atomic E-state index is -2.82. The largest absolute Gasteiger partial charge is 0.324 e. The smallest absolute Gasteiger partial charge is 0.175 e. The molecule has 1 atom stereocenters. The van der Waals surface area contributed by atoms with Crippen molar-refractivity contribution < 1.29 is 8.42 Å². The summed E-state index contributed by atoms with van der Waals surface area (Å²) in [7, 11) is -2.82. The normalized spacial score (nSPS) is 26.2. The van der Waals surface area contributed by atoms with Crippen LogP contribution in [0.5, 0.6) is 0 Å². The third kappa shape index (κ3) is 1.31. The molecule has 0 radical (unpaired) electrons. The van der Waals surface area contributed by atoms with Crippen LogP contribution >= 0.6 is 0 Å². The molecule has 0 saturated heterocycles. The van der Waals surface area contributed by atoms with E-state index >= 15 is 0 Å². The van der Waals surface area contributed by atoms with E-state index in [1.54, 1.807) is 6.92 Å². The molecule has 9 heavy (non-hydrogen) atoms. The van der Waals surface area contributed by atoms with Gasteiger partial charge in [-0.2, -0.15) is 0 Å². The van der Waals surface area contributed by atoms with Gasteiger partial charge in [0.1, 0.15) is 0 Å². The van der Waals surface area contributed by atoms with Gasteiger partial charge >= 0.3 is 0 Å². The SMILES string of the molecule is C[C@@H](N)C1=CS(=O)(=O)C1. The highest BCUT2D eigenvalue weighted by Crippen LogP contribution is 2.17. The molecule has 0 bridgehead atoms. The van der Waals surface area contributed by atoms with Crippen molar-refractivity contribution in [2.45, 2.75) is 13.0 Å². The Morgan fingerprint density at radius 1 is 1.78 bits per heavy atom. The molecule has 0 aromatic heterocycles. The highest BCUT2D eigenvalue weighted by atomic mass is 32.2. The monoisotopic (exact) mass is 147 g/mol. The maximum atomic E-state index is 10.5. The van der Waals surface area contributed by atoms with Crippen molar-refractivity contribution in [2.75, 3.05) is 5.75 Å². The molecule has 1 aliphatic rings. The fourth-order valence-electron chi connectivity index (χ4n) is 0.678. The first-order valence-electron chi connectivity index (χ1n) is 2.70. The Balaban J connectivity index is 2.77. The van der Waals surface area contributed by atoms with Crippen molar-refractivity contribution >= 4 is 9.84 Å². The molecule has 0 fully saturated rings. The van der Waals surface area contributed by atoms with E-state index in [-0.39, 0.29) is 11.8 Å². The number of rotatable bonds is 1. The van der Waals surface area contributed by atoms with E-state index in [1.807, 2.05) is 0 Å². The van der Waals surface area contributed by atoms with Crippen LogP contribution in [0.25, 0.3) is 0 Å². The van der Waals surface area contributed by atoms with Gasteiger partial charge in [0.2, 0.25) is 0 Å². The predicted molar refractivity (Wildman–Crippen MR) is 35.5 cm³/mol. The summed E-state index contributed by atoms with van der Waals surface area (Å²) >= 11 is 0. The fourth-order valence-corrected chi connectivity index (χ4v) is 2.03. The van der Waals surface area contributed by atoms with Crippen LogP contribution in [0.4, 0.5) is 0 Å². The lowest BCUT2D eigenvalue weighted by molar-refractivity contribution is 0.599. The third-order valence-corrected chi connectivity index (χ3v) is 2.68. The molecule has 4 heteroatoms. The second-order valence-electron chi connectivity index (χ2n) is 2.29. The molecule has 1 rings (SSSR count).